The fourth-order valence-corrected chi connectivity index (χ4v) is 1.97. The van der Waals surface area contributed by atoms with E-state index in [2.05, 4.69) is 0 Å². The highest BCUT2D eigenvalue weighted by atomic mass is 35.5. The van der Waals surface area contributed by atoms with Gasteiger partial charge in [-0.1, -0.05) is 48.0 Å². The molecular formula is C15H11ClO3. The maximum absolute atomic E-state index is 11.9. The SMILES string of the molecule is O=C(O)CC(=O)c1ccccc1-c1ccc(Cl)cc1. The number of ketones is 1. The van der Waals surface area contributed by atoms with Crippen molar-refractivity contribution >= 4 is 23.4 Å². The monoisotopic (exact) mass is 274 g/mol. The van der Waals surface area contributed by atoms with Crippen molar-refractivity contribution in [1.82, 2.24) is 0 Å². The van der Waals surface area contributed by atoms with E-state index in [1.54, 1.807) is 42.5 Å². The van der Waals surface area contributed by atoms with Crippen LogP contribution in [0.3, 0.4) is 0 Å². The van der Waals surface area contributed by atoms with Crippen LogP contribution in [0, 0.1) is 0 Å². The quantitative estimate of drug-likeness (QED) is 0.684. The second kappa shape index (κ2) is 5.67. The normalized spacial score (nSPS) is 10.2. The lowest BCUT2D eigenvalue weighted by molar-refractivity contribution is -0.135. The molecule has 2 rings (SSSR count). The Morgan fingerprint density at radius 3 is 2.26 bits per heavy atom. The van der Waals surface area contributed by atoms with E-state index in [1.165, 1.54) is 0 Å². The first-order valence-electron chi connectivity index (χ1n) is 5.68. The Kier molecular flexibility index (Phi) is 3.97. The lowest BCUT2D eigenvalue weighted by atomic mass is 9.96. The van der Waals surface area contributed by atoms with E-state index < -0.39 is 18.2 Å². The topological polar surface area (TPSA) is 54.4 Å². The Balaban J connectivity index is 2.44. The van der Waals surface area contributed by atoms with Gasteiger partial charge in [0.25, 0.3) is 0 Å². The molecule has 0 radical (unpaired) electrons. The van der Waals surface area contributed by atoms with Crippen LogP contribution in [0.15, 0.2) is 48.5 Å². The summed E-state index contributed by atoms with van der Waals surface area (Å²) in [5.74, 6) is -1.53. The van der Waals surface area contributed by atoms with Crippen LogP contribution in [0.1, 0.15) is 16.8 Å². The number of benzene rings is 2. The standard InChI is InChI=1S/C15H11ClO3/c16-11-7-5-10(6-8-11)12-3-1-2-4-13(12)14(17)9-15(18)19/h1-8H,9H2,(H,18,19). The Bertz CT molecular complexity index is 618. The van der Waals surface area contributed by atoms with E-state index in [0.717, 1.165) is 5.56 Å². The fraction of sp³-hybridized carbons (Fsp3) is 0.0667. The molecule has 4 heteroatoms. The molecule has 96 valence electrons. The Hall–Kier alpha value is -2.13. The molecule has 0 atom stereocenters. The van der Waals surface area contributed by atoms with E-state index in [9.17, 15) is 9.59 Å². The minimum atomic E-state index is -1.13. The molecule has 2 aromatic carbocycles. The molecule has 2 aromatic rings. The molecule has 19 heavy (non-hydrogen) atoms. The molecule has 0 unspecified atom stereocenters. The summed E-state index contributed by atoms with van der Waals surface area (Å²) in [5, 5.41) is 9.31. The molecule has 0 bridgehead atoms. The van der Waals surface area contributed by atoms with Crippen LogP contribution < -0.4 is 0 Å². The van der Waals surface area contributed by atoms with Gasteiger partial charge in [0, 0.05) is 10.6 Å². The minimum absolute atomic E-state index is 0.405. The Labute approximate surface area is 115 Å². The first kappa shape index (κ1) is 13.3. The van der Waals surface area contributed by atoms with Gasteiger partial charge in [-0.15, -0.1) is 0 Å². The summed E-state index contributed by atoms with van der Waals surface area (Å²) >= 11 is 5.83. The van der Waals surface area contributed by atoms with Crippen molar-refractivity contribution in [2.24, 2.45) is 0 Å². The van der Waals surface area contributed by atoms with Crippen LogP contribution in [-0.4, -0.2) is 16.9 Å². The van der Waals surface area contributed by atoms with E-state index >= 15 is 0 Å². The van der Waals surface area contributed by atoms with Gasteiger partial charge in [0.05, 0.1) is 0 Å². The van der Waals surface area contributed by atoms with Crippen LogP contribution in [0.4, 0.5) is 0 Å². The summed E-state index contributed by atoms with van der Waals surface area (Å²) in [5.41, 5.74) is 1.95. The molecule has 0 heterocycles. The Morgan fingerprint density at radius 2 is 1.63 bits per heavy atom. The number of carboxylic acid groups (broad SMARTS) is 1. The molecular weight excluding hydrogens is 264 g/mol. The largest absolute Gasteiger partial charge is 0.481 e. The van der Waals surface area contributed by atoms with Gasteiger partial charge in [0.15, 0.2) is 5.78 Å². The number of Topliss-reactive ketones (excluding diaryl/α,β-unsaturated/α-hetero) is 1. The van der Waals surface area contributed by atoms with Crippen molar-refractivity contribution in [3.63, 3.8) is 0 Å². The highest BCUT2D eigenvalue weighted by Gasteiger charge is 2.15. The molecule has 0 aliphatic rings. The van der Waals surface area contributed by atoms with Crippen molar-refractivity contribution in [2.75, 3.05) is 0 Å². The van der Waals surface area contributed by atoms with Crippen LogP contribution in [0.5, 0.6) is 0 Å². The number of carbonyl (C=O) groups is 2. The first-order chi connectivity index (χ1) is 9.08. The van der Waals surface area contributed by atoms with Crippen molar-refractivity contribution in [2.45, 2.75) is 6.42 Å². The van der Waals surface area contributed by atoms with Gasteiger partial charge in [0.1, 0.15) is 6.42 Å². The summed E-state index contributed by atoms with van der Waals surface area (Å²) in [6.07, 6.45) is -0.509. The second-order valence-electron chi connectivity index (χ2n) is 4.05. The molecule has 1 N–H and O–H groups in total. The van der Waals surface area contributed by atoms with Gasteiger partial charge in [0.2, 0.25) is 0 Å². The summed E-state index contributed by atoms with van der Waals surface area (Å²) in [7, 11) is 0. The van der Waals surface area contributed by atoms with Crippen molar-refractivity contribution in [1.29, 1.82) is 0 Å². The number of carboxylic acids is 1. The minimum Gasteiger partial charge on any atom is -0.481 e. The smallest absolute Gasteiger partial charge is 0.311 e. The molecule has 0 aliphatic carbocycles. The molecule has 0 spiro atoms. The van der Waals surface area contributed by atoms with Gasteiger partial charge in [-0.05, 0) is 23.3 Å². The number of aliphatic carboxylic acids is 1. The van der Waals surface area contributed by atoms with Crippen molar-refractivity contribution in [3.8, 4) is 11.1 Å². The summed E-state index contributed by atoms with van der Waals surface area (Å²) < 4.78 is 0. The number of halogens is 1. The average Bonchev–Trinajstić information content (AvgIpc) is 2.39. The van der Waals surface area contributed by atoms with E-state index in [0.29, 0.717) is 16.1 Å². The van der Waals surface area contributed by atoms with Gasteiger partial charge in [-0.2, -0.15) is 0 Å². The molecule has 0 aliphatic heterocycles. The lowest BCUT2D eigenvalue weighted by Gasteiger charge is -2.08. The van der Waals surface area contributed by atoms with Crippen LogP contribution in [0.2, 0.25) is 5.02 Å². The maximum Gasteiger partial charge on any atom is 0.311 e. The predicted molar refractivity (Wildman–Crippen MR) is 73.5 cm³/mol. The summed E-state index contributed by atoms with van der Waals surface area (Å²) in [6, 6.07) is 14.0. The Morgan fingerprint density at radius 1 is 1.00 bits per heavy atom. The third kappa shape index (κ3) is 3.20. The predicted octanol–water partition coefficient (Wildman–Crippen LogP) is 3.66. The molecule has 0 fully saturated rings. The third-order valence-corrected chi connectivity index (χ3v) is 2.95. The zero-order chi connectivity index (χ0) is 13.8. The van der Waals surface area contributed by atoms with Gasteiger partial charge in [-0.25, -0.2) is 0 Å². The molecule has 0 saturated heterocycles. The summed E-state index contributed by atoms with van der Waals surface area (Å²) in [4.78, 5) is 22.5. The number of hydrogen-bond acceptors (Lipinski definition) is 2. The first-order valence-corrected chi connectivity index (χ1v) is 6.05. The molecule has 0 amide bonds. The van der Waals surface area contributed by atoms with Crippen LogP contribution >= 0.6 is 11.6 Å². The molecule has 0 aromatic heterocycles. The third-order valence-electron chi connectivity index (χ3n) is 2.69. The number of carbonyl (C=O) groups excluding carboxylic acids is 1. The van der Waals surface area contributed by atoms with Gasteiger partial charge in [-0.3, -0.25) is 9.59 Å². The number of hydrogen-bond donors (Lipinski definition) is 1. The van der Waals surface area contributed by atoms with Crippen molar-refractivity contribution < 1.29 is 14.7 Å². The van der Waals surface area contributed by atoms with Gasteiger partial charge < -0.3 is 5.11 Å². The highest BCUT2D eigenvalue weighted by Crippen LogP contribution is 2.26. The zero-order valence-corrected chi connectivity index (χ0v) is 10.7. The van der Waals surface area contributed by atoms with E-state index in [1.807, 2.05) is 6.07 Å². The van der Waals surface area contributed by atoms with Gasteiger partial charge >= 0.3 is 5.97 Å². The lowest BCUT2D eigenvalue weighted by Crippen LogP contribution is -2.08. The molecule has 3 nitrogen and oxygen atoms in total. The van der Waals surface area contributed by atoms with E-state index in [4.69, 9.17) is 16.7 Å². The average molecular weight is 275 g/mol. The zero-order valence-electron chi connectivity index (χ0n) is 9.97. The number of rotatable bonds is 4. The highest BCUT2D eigenvalue weighted by molar-refractivity contribution is 6.30. The van der Waals surface area contributed by atoms with Crippen molar-refractivity contribution in [3.05, 3.63) is 59.1 Å². The van der Waals surface area contributed by atoms with E-state index in [-0.39, 0.29) is 0 Å². The fourth-order valence-electron chi connectivity index (χ4n) is 1.84. The van der Waals surface area contributed by atoms with Crippen LogP contribution in [-0.2, 0) is 4.79 Å². The summed E-state index contributed by atoms with van der Waals surface area (Å²) in [6.45, 7) is 0. The second-order valence-corrected chi connectivity index (χ2v) is 4.48. The molecule has 0 saturated carbocycles. The maximum atomic E-state index is 11.9. The van der Waals surface area contributed by atoms with Crippen LogP contribution in [0.25, 0.3) is 11.1 Å².